The van der Waals surface area contributed by atoms with Crippen LogP contribution in [0.25, 0.3) is 0 Å². The molecule has 0 saturated carbocycles. The quantitative estimate of drug-likeness (QED) is 0.841. The summed E-state index contributed by atoms with van der Waals surface area (Å²) in [6, 6.07) is 5.61. The van der Waals surface area contributed by atoms with Crippen LogP contribution >= 0.6 is 0 Å². The van der Waals surface area contributed by atoms with E-state index in [1.807, 2.05) is 19.1 Å². The smallest absolute Gasteiger partial charge is 0.323 e. The van der Waals surface area contributed by atoms with E-state index < -0.39 is 5.97 Å². The van der Waals surface area contributed by atoms with Gasteiger partial charge in [-0.25, -0.2) is 0 Å². The Labute approximate surface area is 99.9 Å². The van der Waals surface area contributed by atoms with Crippen LogP contribution < -0.4 is 0 Å². The molecular formula is C13H15NO3. The number of amides is 1. The summed E-state index contributed by atoms with van der Waals surface area (Å²) in [6.45, 7) is 2.28. The third kappa shape index (κ3) is 2.30. The maximum Gasteiger partial charge on any atom is 0.323 e. The first-order valence-electron chi connectivity index (χ1n) is 5.69. The van der Waals surface area contributed by atoms with Crippen LogP contribution in [0, 0.1) is 6.92 Å². The van der Waals surface area contributed by atoms with E-state index in [2.05, 4.69) is 0 Å². The monoisotopic (exact) mass is 233 g/mol. The van der Waals surface area contributed by atoms with Gasteiger partial charge in [0.15, 0.2) is 0 Å². The number of fused-ring (bicyclic) bond motifs is 1. The second kappa shape index (κ2) is 4.57. The number of carboxylic acid groups (broad SMARTS) is 1. The highest BCUT2D eigenvalue weighted by Crippen LogP contribution is 2.21. The summed E-state index contributed by atoms with van der Waals surface area (Å²) in [5.41, 5.74) is 2.82. The minimum absolute atomic E-state index is 0.163. The number of aliphatic carboxylic acids is 1. The van der Waals surface area contributed by atoms with Crippen LogP contribution in [0.5, 0.6) is 0 Å². The van der Waals surface area contributed by atoms with E-state index in [4.69, 9.17) is 5.11 Å². The molecule has 90 valence electrons. The first-order chi connectivity index (χ1) is 8.09. The van der Waals surface area contributed by atoms with Crippen LogP contribution in [0.1, 0.15) is 27.9 Å². The lowest BCUT2D eigenvalue weighted by molar-refractivity contribution is -0.137. The van der Waals surface area contributed by atoms with Crippen molar-refractivity contribution in [1.82, 2.24) is 4.90 Å². The fourth-order valence-electron chi connectivity index (χ4n) is 2.27. The molecule has 0 radical (unpaired) electrons. The second-order valence-corrected chi connectivity index (χ2v) is 4.33. The van der Waals surface area contributed by atoms with Crippen molar-refractivity contribution in [3.8, 4) is 0 Å². The van der Waals surface area contributed by atoms with Crippen molar-refractivity contribution in [3.05, 3.63) is 34.9 Å². The highest BCUT2D eigenvalue weighted by atomic mass is 16.4. The van der Waals surface area contributed by atoms with E-state index in [0.717, 1.165) is 24.0 Å². The Morgan fingerprint density at radius 3 is 2.94 bits per heavy atom. The fourth-order valence-corrected chi connectivity index (χ4v) is 2.27. The molecule has 0 saturated heterocycles. The average molecular weight is 233 g/mol. The van der Waals surface area contributed by atoms with Crippen molar-refractivity contribution >= 4 is 11.9 Å². The highest BCUT2D eigenvalue weighted by Gasteiger charge is 2.24. The number of nitrogens with zero attached hydrogens (tertiary/aromatic N) is 1. The maximum absolute atomic E-state index is 12.2. The van der Waals surface area contributed by atoms with E-state index >= 15 is 0 Å². The number of rotatable bonds is 2. The van der Waals surface area contributed by atoms with Crippen LogP contribution in [0.3, 0.4) is 0 Å². The predicted octanol–water partition coefficient (Wildman–Crippen LogP) is 1.47. The van der Waals surface area contributed by atoms with E-state index in [-0.39, 0.29) is 12.5 Å². The lowest BCUT2D eigenvalue weighted by atomic mass is 9.98. The molecule has 1 aromatic carbocycles. The summed E-state index contributed by atoms with van der Waals surface area (Å²) >= 11 is 0. The summed E-state index contributed by atoms with van der Waals surface area (Å²) in [7, 11) is 0. The minimum atomic E-state index is -0.963. The highest BCUT2D eigenvalue weighted by molar-refractivity contribution is 5.97. The molecule has 0 bridgehead atoms. The molecule has 0 unspecified atom stereocenters. The molecule has 1 aliphatic heterocycles. The average Bonchev–Trinajstić information content (AvgIpc) is 2.41. The van der Waals surface area contributed by atoms with Gasteiger partial charge in [0.1, 0.15) is 6.54 Å². The van der Waals surface area contributed by atoms with Gasteiger partial charge in [0.2, 0.25) is 0 Å². The first kappa shape index (κ1) is 11.6. The van der Waals surface area contributed by atoms with Crippen LogP contribution in [0.2, 0.25) is 0 Å². The standard InChI is InChI=1S/C13H15NO3/c1-9-4-2-5-11-10(9)6-3-7-14(13(11)17)8-12(15)16/h2,4-5H,3,6-8H2,1H3,(H,15,16). The lowest BCUT2D eigenvalue weighted by Crippen LogP contribution is -2.35. The molecule has 1 amide bonds. The van der Waals surface area contributed by atoms with Gasteiger partial charge in [-0.3, -0.25) is 9.59 Å². The number of aryl methyl sites for hydroxylation is 1. The van der Waals surface area contributed by atoms with Gasteiger partial charge in [0.05, 0.1) is 0 Å². The molecule has 17 heavy (non-hydrogen) atoms. The molecule has 0 aromatic heterocycles. The number of benzene rings is 1. The van der Waals surface area contributed by atoms with Crippen molar-refractivity contribution < 1.29 is 14.7 Å². The van der Waals surface area contributed by atoms with Gasteiger partial charge < -0.3 is 10.0 Å². The minimum Gasteiger partial charge on any atom is -0.480 e. The van der Waals surface area contributed by atoms with Gasteiger partial charge >= 0.3 is 5.97 Å². The van der Waals surface area contributed by atoms with E-state index in [1.54, 1.807) is 6.07 Å². The molecule has 4 heteroatoms. The zero-order valence-corrected chi connectivity index (χ0v) is 9.77. The Hall–Kier alpha value is -1.84. The molecule has 1 aromatic rings. The maximum atomic E-state index is 12.2. The third-order valence-electron chi connectivity index (χ3n) is 3.11. The second-order valence-electron chi connectivity index (χ2n) is 4.33. The summed E-state index contributed by atoms with van der Waals surface area (Å²) in [6.07, 6.45) is 1.65. The Balaban J connectivity index is 2.36. The fraction of sp³-hybridized carbons (Fsp3) is 0.385. The zero-order valence-electron chi connectivity index (χ0n) is 9.77. The van der Waals surface area contributed by atoms with Crippen LogP contribution in [-0.2, 0) is 11.2 Å². The Morgan fingerprint density at radius 1 is 1.47 bits per heavy atom. The van der Waals surface area contributed by atoms with Gasteiger partial charge in [-0.15, -0.1) is 0 Å². The van der Waals surface area contributed by atoms with Crippen molar-refractivity contribution in [2.75, 3.05) is 13.1 Å². The largest absolute Gasteiger partial charge is 0.480 e. The van der Waals surface area contributed by atoms with Crippen molar-refractivity contribution in [2.24, 2.45) is 0 Å². The van der Waals surface area contributed by atoms with Crippen molar-refractivity contribution in [2.45, 2.75) is 19.8 Å². The Bertz CT molecular complexity index is 468. The normalized spacial score (nSPS) is 15.4. The molecule has 0 aliphatic carbocycles. The van der Waals surface area contributed by atoms with Crippen molar-refractivity contribution in [3.63, 3.8) is 0 Å². The molecule has 2 rings (SSSR count). The predicted molar refractivity (Wildman–Crippen MR) is 63.0 cm³/mol. The van der Waals surface area contributed by atoms with Crippen LogP contribution in [0.4, 0.5) is 0 Å². The molecular weight excluding hydrogens is 218 g/mol. The molecule has 1 heterocycles. The summed E-state index contributed by atoms with van der Waals surface area (Å²) < 4.78 is 0. The molecule has 0 fully saturated rings. The number of carboxylic acids is 1. The third-order valence-corrected chi connectivity index (χ3v) is 3.11. The van der Waals surface area contributed by atoms with E-state index in [0.29, 0.717) is 12.1 Å². The molecule has 0 atom stereocenters. The van der Waals surface area contributed by atoms with Gasteiger partial charge in [0.25, 0.3) is 5.91 Å². The zero-order chi connectivity index (χ0) is 12.4. The van der Waals surface area contributed by atoms with Gasteiger partial charge in [-0.05, 0) is 37.0 Å². The first-order valence-corrected chi connectivity index (χ1v) is 5.69. The SMILES string of the molecule is Cc1cccc2c1CCCN(CC(=O)O)C2=O. The van der Waals surface area contributed by atoms with Gasteiger partial charge in [-0.2, -0.15) is 0 Å². The van der Waals surface area contributed by atoms with E-state index in [9.17, 15) is 9.59 Å². The van der Waals surface area contributed by atoms with Crippen LogP contribution in [-0.4, -0.2) is 35.0 Å². The number of hydrogen-bond acceptors (Lipinski definition) is 2. The van der Waals surface area contributed by atoms with Crippen LogP contribution in [0.15, 0.2) is 18.2 Å². The van der Waals surface area contributed by atoms with Gasteiger partial charge in [0, 0.05) is 12.1 Å². The summed E-state index contributed by atoms with van der Waals surface area (Å²) in [5, 5.41) is 8.78. The topological polar surface area (TPSA) is 57.6 Å². The van der Waals surface area contributed by atoms with E-state index in [1.165, 1.54) is 4.90 Å². The molecule has 4 nitrogen and oxygen atoms in total. The summed E-state index contributed by atoms with van der Waals surface area (Å²) in [5.74, 6) is -1.13. The molecule has 1 aliphatic rings. The van der Waals surface area contributed by atoms with Gasteiger partial charge in [-0.1, -0.05) is 12.1 Å². The number of carbonyl (C=O) groups is 2. The number of hydrogen-bond donors (Lipinski definition) is 1. The number of carbonyl (C=O) groups excluding carboxylic acids is 1. The van der Waals surface area contributed by atoms with Crippen molar-refractivity contribution in [1.29, 1.82) is 0 Å². The Kier molecular flexibility index (Phi) is 3.13. The molecule has 0 spiro atoms. The lowest BCUT2D eigenvalue weighted by Gasteiger charge is -2.18. The molecule has 1 N–H and O–H groups in total. The Morgan fingerprint density at radius 2 is 2.24 bits per heavy atom. The summed E-state index contributed by atoms with van der Waals surface area (Å²) in [4.78, 5) is 24.3.